The van der Waals surface area contributed by atoms with E-state index in [-0.39, 0.29) is 11.0 Å². The highest BCUT2D eigenvalue weighted by Crippen LogP contribution is 2.24. The van der Waals surface area contributed by atoms with Gasteiger partial charge in [-0.3, -0.25) is 9.48 Å². The molecule has 15 heavy (non-hydrogen) atoms. The van der Waals surface area contributed by atoms with Crippen molar-refractivity contribution >= 4 is 33.3 Å². The van der Waals surface area contributed by atoms with Gasteiger partial charge in [-0.05, 0) is 33.6 Å². The molecule has 0 aliphatic heterocycles. The largest absolute Gasteiger partial charge is 0.452 e. The number of ketones is 1. The van der Waals surface area contributed by atoms with E-state index in [2.05, 4.69) is 21.0 Å². The van der Waals surface area contributed by atoms with Gasteiger partial charge in [0.1, 0.15) is 5.69 Å². The summed E-state index contributed by atoms with van der Waals surface area (Å²) in [5.74, 6) is -0.222. The molecule has 0 unspecified atom stereocenters. The second-order valence-electron chi connectivity index (χ2n) is 2.90. The Kier molecular flexibility index (Phi) is 2.67. The van der Waals surface area contributed by atoms with Crippen molar-refractivity contribution in [1.82, 2.24) is 9.78 Å². The topological polar surface area (TPSA) is 48.0 Å². The quantitative estimate of drug-likeness (QED) is 0.799. The van der Waals surface area contributed by atoms with Crippen LogP contribution in [0.3, 0.4) is 0 Å². The first-order valence-electron chi connectivity index (χ1n) is 4.06. The maximum atomic E-state index is 12.0. The predicted octanol–water partition coefficient (Wildman–Crippen LogP) is 2.66. The highest BCUT2D eigenvalue weighted by molar-refractivity contribution is 9.10. The van der Waals surface area contributed by atoms with E-state index >= 15 is 0 Å². The standard InChI is InChI=1S/C9H6BrClN2O2/c1-13-7(6(10)4-12-13)8(14)5-2-3-15-9(5)11/h2-4H,1H3. The van der Waals surface area contributed by atoms with E-state index in [1.54, 1.807) is 13.2 Å². The van der Waals surface area contributed by atoms with Gasteiger partial charge in [0.15, 0.2) is 0 Å². The third kappa shape index (κ3) is 1.72. The van der Waals surface area contributed by atoms with Crippen LogP contribution in [0.4, 0.5) is 0 Å². The van der Waals surface area contributed by atoms with Gasteiger partial charge in [0, 0.05) is 7.05 Å². The molecule has 78 valence electrons. The van der Waals surface area contributed by atoms with Crippen molar-refractivity contribution < 1.29 is 9.21 Å². The number of aryl methyl sites for hydroxylation is 1. The van der Waals surface area contributed by atoms with Gasteiger partial charge in [-0.1, -0.05) is 0 Å². The van der Waals surface area contributed by atoms with Gasteiger partial charge in [-0.2, -0.15) is 5.10 Å². The lowest BCUT2D eigenvalue weighted by Gasteiger charge is -1.99. The summed E-state index contributed by atoms with van der Waals surface area (Å²) in [5, 5.41) is 4.04. The van der Waals surface area contributed by atoms with Crippen molar-refractivity contribution in [3.8, 4) is 0 Å². The zero-order valence-electron chi connectivity index (χ0n) is 7.70. The minimum atomic E-state index is -0.222. The molecule has 6 heteroatoms. The maximum Gasteiger partial charge on any atom is 0.216 e. The predicted molar refractivity (Wildman–Crippen MR) is 58.1 cm³/mol. The SMILES string of the molecule is Cn1ncc(Br)c1C(=O)c1ccoc1Cl. The number of hydrogen-bond donors (Lipinski definition) is 0. The van der Waals surface area contributed by atoms with E-state index in [9.17, 15) is 4.79 Å². The van der Waals surface area contributed by atoms with E-state index < -0.39 is 0 Å². The smallest absolute Gasteiger partial charge is 0.216 e. The van der Waals surface area contributed by atoms with Crippen LogP contribution in [0.5, 0.6) is 0 Å². The first-order chi connectivity index (χ1) is 7.11. The zero-order valence-corrected chi connectivity index (χ0v) is 10.0. The summed E-state index contributed by atoms with van der Waals surface area (Å²) in [6.07, 6.45) is 2.93. The third-order valence-electron chi connectivity index (χ3n) is 1.97. The van der Waals surface area contributed by atoms with Crippen LogP contribution in [0.25, 0.3) is 0 Å². The minimum Gasteiger partial charge on any atom is -0.452 e. The number of furan rings is 1. The van der Waals surface area contributed by atoms with Crippen molar-refractivity contribution in [2.24, 2.45) is 7.05 Å². The Labute approximate surface area is 99.0 Å². The first kappa shape index (κ1) is 10.4. The highest BCUT2D eigenvalue weighted by Gasteiger charge is 2.21. The number of aromatic nitrogens is 2. The Balaban J connectivity index is 2.50. The summed E-state index contributed by atoms with van der Waals surface area (Å²) in [5.41, 5.74) is 0.777. The third-order valence-corrected chi connectivity index (χ3v) is 2.84. The number of halogens is 2. The lowest BCUT2D eigenvalue weighted by atomic mass is 10.1. The lowest BCUT2D eigenvalue weighted by Crippen LogP contribution is -2.08. The lowest BCUT2D eigenvalue weighted by molar-refractivity contribution is 0.102. The van der Waals surface area contributed by atoms with Crippen molar-refractivity contribution in [1.29, 1.82) is 0 Å². The summed E-state index contributed by atoms with van der Waals surface area (Å²) >= 11 is 8.97. The second-order valence-corrected chi connectivity index (χ2v) is 4.10. The average Bonchev–Trinajstić information content (AvgIpc) is 2.73. The van der Waals surface area contributed by atoms with Gasteiger partial charge in [0.2, 0.25) is 11.0 Å². The number of hydrogen-bond acceptors (Lipinski definition) is 3. The number of rotatable bonds is 2. The Morgan fingerprint density at radius 3 is 2.87 bits per heavy atom. The Morgan fingerprint density at radius 1 is 1.67 bits per heavy atom. The fourth-order valence-corrected chi connectivity index (χ4v) is 1.98. The molecule has 0 bridgehead atoms. The van der Waals surface area contributed by atoms with E-state index in [0.29, 0.717) is 15.7 Å². The molecular weight excluding hydrogens is 283 g/mol. The average molecular weight is 290 g/mol. The summed E-state index contributed by atoms with van der Waals surface area (Å²) in [4.78, 5) is 12.0. The molecule has 0 amide bonds. The molecule has 0 atom stereocenters. The second kappa shape index (κ2) is 3.83. The molecule has 0 spiro atoms. The molecule has 0 fully saturated rings. The molecule has 0 saturated heterocycles. The van der Waals surface area contributed by atoms with E-state index in [0.717, 1.165) is 0 Å². The molecule has 0 radical (unpaired) electrons. The van der Waals surface area contributed by atoms with E-state index in [1.165, 1.54) is 17.0 Å². The molecular formula is C9H6BrClN2O2. The molecule has 2 aromatic heterocycles. The Morgan fingerprint density at radius 2 is 2.40 bits per heavy atom. The summed E-state index contributed by atoms with van der Waals surface area (Å²) < 4.78 is 6.98. The van der Waals surface area contributed by atoms with E-state index in [1.807, 2.05) is 0 Å². The summed E-state index contributed by atoms with van der Waals surface area (Å²) in [6, 6.07) is 1.53. The van der Waals surface area contributed by atoms with Crippen molar-refractivity contribution in [2.75, 3.05) is 0 Å². The van der Waals surface area contributed by atoms with Crippen LogP contribution < -0.4 is 0 Å². The first-order valence-corrected chi connectivity index (χ1v) is 5.23. The fraction of sp³-hybridized carbons (Fsp3) is 0.111. The minimum absolute atomic E-state index is 0.0908. The molecule has 0 aromatic carbocycles. The van der Waals surface area contributed by atoms with Gasteiger partial charge >= 0.3 is 0 Å². The normalized spacial score (nSPS) is 10.6. The van der Waals surface area contributed by atoms with Gasteiger partial charge < -0.3 is 4.42 Å². The van der Waals surface area contributed by atoms with Crippen LogP contribution in [0.15, 0.2) is 27.4 Å². The molecule has 0 saturated carbocycles. The number of carbonyl (C=O) groups excluding carboxylic acids is 1. The van der Waals surface area contributed by atoms with Gasteiger partial charge in [-0.15, -0.1) is 0 Å². The Bertz CT molecular complexity index is 498. The monoisotopic (exact) mass is 288 g/mol. The molecule has 0 N–H and O–H groups in total. The number of carbonyl (C=O) groups is 1. The molecule has 2 heterocycles. The summed E-state index contributed by atoms with van der Waals surface area (Å²) in [7, 11) is 1.69. The van der Waals surface area contributed by atoms with Crippen LogP contribution in [0.2, 0.25) is 5.22 Å². The van der Waals surface area contributed by atoms with Crippen LogP contribution in [0.1, 0.15) is 16.1 Å². The van der Waals surface area contributed by atoms with Gasteiger partial charge in [0.25, 0.3) is 0 Å². The number of nitrogens with zero attached hydrogens (tertiary/aromatic N) is 2. The van der Waals surface area contributed by atoms with Gasteiger partial charge in [0.05, 0.1) is 22.5 Å². The van der Waals surface area contributed by atoms with Crippen LogP contribution in [-0.4, -0.2) is 15.6 Å². The van der Waals surface area contributed by atoms with Crippen molar-refractivity contribution in [2.45, 2.75) is 0 Å². The van der Waals surface area contributed by atoms with E-state index in [4.69, 9.17) is 16.0 Å². The molecule has 2 rings (SSSR count). The summed E-state index contributed by atoms with van der Waals surface area (Å²) in [6.45, 7) is 0. The molecule has 0 aliphatic carbocycles. The molecule has 4 nitrogen and oxygen atoms in total. The van der Waals surface area contributed by atoms with Crippen LogP contribution >= 0.6 is 27.5 Å². The Hall–Kier alpha value is -1.07. The van der Waals surface area contributed by atoms with Crippen LogP contribution in [0, 0.1) is 0 Å². The van der Waals surface area contributed by atoms with Gasteiger partial charge in [-0.25, -0.2) is 0 Å². The zero-order chi connectivity index (χ0) is 11.0. The van der Waals surface area contributed by atoms with Crippen molar-refractivity contribution in [3.63, 3.8) is 0 Å². The molecule has 0 aliphatic rings. The highest BCUT2D eigenvalue weighted by atomic mass is 79.9. The van der Waals surface area contributed by atoms with Crippen molar-refractivity contribution in [3.05, 3.63) is 39.5 Å². The maximum absolute atomic E-state index is 12.0. The fourth-order valence-electron chi connectivity index (χ4n) is 1.25. The molecule has 2 aromatic rings. The van der Waals surface area contributed by atoms with Crippen LogP contribution in [-0.2, 0) is 7.05 Å².